The predicted octanol–water partition coefficient (Wildman–Crippen LogP) is 2.24. The lowest BCUT2D eigenvalue weighted by Gasteiger charge is -2.29. The molecule has 0 spiro atoms. The molecule has 2 aliphatic rings. The SMILES string of the molecule is O=C(c1ccc(S(=O)(=O)C2CCS(=O)(=O)C2)cc1)N1CCCc2ccccc21. The molecule has 0 aromatic heterocycles. The summed E-state index contributed by atoms with van der Waals surface area (Å²) in [6, 6.07) is 13.6. The smallest absolute Gasteiger partial charge is 0.258 e. The van der Waals surface area contributed by atoms with Crippen molar-refractivity contribution in [1.29, 1.82) is 0 Å². The molecule has 2 aromatic rings. The van der Waals surface area contributed by atoms with Crippen molar-refractivity contribution in [2.45, 2.75) is 29.4 Å². The molecule has 28 heavy (non-hydrogen) atoms. The van der Waals surface area contributed by atoms with E-state index in [1.54, 1.807) is 4.90 Å². The molecule has 2 aliphatic heterocycles. The lowest BCUT2D eigenvalue weighted by molar-refractivity contribution is 0.0985. The standard InChI is InChI=1S/C20H21NO5S2/c22-20(21-12-3-5-15-4-1-2-6-19(15)21)16-7-9-17(10-8-16)28(25,26)18-11-13-27(23,24)14-18/h1-2,4,6-10,18H,3,5,11-14H2. The summed E-state index contributed by atoms with van der Waals surface area (Å²) in [5, 5.41) is -0.909. The monoisotopic (exact) mass is 419 g/mol. The summed E-state index contributed by atoms with van der Waals surface area (Å²) in [4.78, 5) is 14.8. The Balaban J connectivity index is 1.58. The molecule has 1 atom stereocenters. The van der Waals surface area contributed by atoms with Gasteiger partial charge in [-0.05, 0) is 55.2 Å². The number of hydrogen-bond donors (Lipinski definition) is 0. The second-order valence-electron chi connectivity index (χ2n) is 7.28. The molecular formula is C20H21NO5S2. The molecular weight excluding hydrogens is 398 g/mol. The minimum Gasteiger partial charge on any atom is -0.308 e. The van der Waals surface area contributed by atoms with E-state index >= 15 is 0 Å². The van der Waals surface area contributed by atoms with E-state index in [9.17, 15) is 21.6 Å². The van der Waals surface area contributed by atoms with Crippen LogP contribution in [0.4, 0.5) is 5.69 Å². The topological polar surface area (TPSA) is 88.6 Å². The highest BCUT2D eigenvalue weighted by molar-refractivity contribution is 7.96. The molecule has 0 bridgehead atoms. The van der Waals surface area contributed by atoms with Crippen LogP contribution in [-0.4, -0.2) is 46.0 Å². The van der Waals surface area contributed by atoms with E-state index in [1.165, 1.54) is 24.3 Å². The zero-order chi connectivity index (χ0) is 19.9. The summed E-state index contributed by atoms with van der Waals surface area (Å²) in [5.74, 6) is -0.595. The van der Waals surface area contributed by atoms with Crippen LogP contribution in [0.2, 0.25) is 0 Å². The summed E-state index contributed by atoms with van der Waals surface area (Å²) >= 11 is 0. The number of rotatable bonds is 3. The fourth-order valence-corrected chi connectivity index (χ4v) is 8.25. The lowest BCUT2D eigenvalue weighted by atomic mass is 10.0. The number of aryl methyl sites for hydroxylation is 1. The molecule has 1 saturated heterocycles. The number of fused-ring (bicyclic) bond motifs is 1. The van der Waals surface area contributed by atoms with Gasteiger partial charge in [-0.25, -0.2) is 16.8 Å². The molecule has 148 valence electrons. The molecule has 2 heterocycles. The summed E-state index contributed by atoms with van der Waals surface area (Å²) in [5.41, 5.74) is 2.44. The molecule has 6 nitrogen and oxygen atoms in total. The number of para-hydroxylation sites is 1. The Morgan fingerprint density at radius 1 is 1.04 bits per heavy atom. The first-order valence-electron chi connectivity index (χ1n) is 9.22. The van der Waals surface area contributed by atoms with Crippen molar-refractivity contribution in [1.82, 2.24) is 0 Å². The minimum absolute atomic E-state index is 0.0604. The van der Waals surface area contributed by atoms with Gasteiger partial charge in [0.1, 0.15) is 0 Å². The van der Waals surface area contributed by atoms with Crippen LogP contribution in [0.1, 0.15) is 28.8 Å². The van der Waals surface area contributed by atoms with Crippen LogP contribution in [0, 0.1) is 0 Å². The van der Waals surface area contributed by atoms with E-state index in [1.807, 2.05) is 24.3 Å². The van der Waals surface area contributed by atoms with Gasteiger partial charge in [0.25, 0.3) is 5.91 Å². The number of anilines is 1. The molecule has 0 N–H and O–H groups in total. The number of nitrogens with zero attached hydrogens (tertiary/aromatic N) is 1. The minimum atomic E-state index is -3.73. The van der Waals surface area contributed by atoms with Gasteiger partial charge in [0, 0.05) is 17.8 Å². The second-order valence-corrected chi connectivity index (χ2v) is 11.7. The van der Waals surface area contributed by atoms with Crippen molar-refractivity contribution in [3.63, 3.8) is 0 Å². The van der Waals surface area contributed by atoms with Crippen LogP contribution in [0.5, 0.6) is 0 Å². The Morgan fingerprint density at radius 2 is 1.75 bits per heavy atom. The normalized spacial score (nSPS) is 21.3. The Morgan fingerprint density at radius 3 is 2.43 bits per heavy atom. The second kappa shape index (κ2) is 7.00. The van der Waals surface area contributed by atoms with Crippen molar-refractivity contribution in [3.8, 4) is 0 Å². The van der Waals surface area contributed by atoms with Gasteiger partial charge in [-0.15, -0.1) is 0 Å². The van der Waals surface area contributed by atoms with Crippen molar-refractivity contribution in [3.05, 3.63) is 59.7 Å². The number of carbonyl (C=O) groups is 1. The van der Waals surface area contributed by atoms with Crippen LogP contribution in [-0.2, 0) is 26.1 Å². The van der Waals surface area contributed by atoms with Crippen LogP contribution in [0.3, 0.4) is 0 Å². The molecule has 0 radical (unpaired) electrons. The van der Waals surface area contributed by atoms with Gasteiger partial charge < -0.3 is 4.90 Å². The van der Waals surface area contributed by atoms with Gasteiger partial charge in [-0.1, -0.05) is 18.2 Å². The average Bonchev–Trinajstić information content (AvgIpc) is 3.07. The van der Waals surface area contributed by atoms with Crippen LogP contribution in [0.15, 0.2) is 53.4 Å². The van der Waals surface area contributed by atoms with E-state index in [4.69, 9.17) is 0 Å². The van der Waals surface area contributed by atoms with Crippen molar-refractivity contribution in [2.75, 3.05) is 23.0 Å². The van der Waals surface area contributed by atoms with Crippen molar-refractivity contribution < 1.29 is 21.6 Å². The fourth-order valence-electron chi connectivity index (χ4n) is 3.89. The highest BCUT2D eigenvalue weighted by Gasteiger charge is 2.38. The predicted molar refractivity (Wildman–Crippen MR) is 107 cm³/mol. The number of amides is 1. The maximum absolute atomic E-state index is 13.0. The number of carbonyl (C=O) groups excluding carboxylic acids is 1. The molecule has 1 amide bonds. The van der Waals surface area contributed by atoms with Gasteiger partial charge in [-0.2, -0.15) is 0 Å². The Kier molecular flexibility index (Phi) is 4.79. The maximum atomic E-state index is 13.0. The molecule has 8 heteroatoms. The third-order valence-corrected chi connectivity index (χ3v) is 9.60. The first kappa shape index (κ1) is 19.1. The van der Waals surface area contributed by atoms with Gasteiger partial charge in [0.15, 0.2) is 19.7 Å². The zero-order valence-corrected chi connectivity index (χ0v) is 16.9. The van der Waals surface area contributed by atoms with Gasteiger partial charge in [0.05, 0.1) is 21.7 Å². The molecule has 4 rings (SSSR count). The molecule has 1 fully saturated rings. The fraction of sp³-hybridized carbons (Fsp3) is 0.350. The van der Waals surface area contributed by atoms with E-state index < -0.39 is 24.9 Å². The average molecular weight is 420 g/mol. The summed E-state index contributed by atoms with van der Waals surface area (Å²) in [7, 11) is -7.02. The molecule has 0 saturated carbocycles. The van der Waals surface area contributed by atoms with Crippen molar-refractivity contribution >= 4 is 31.3 Å². The summed E-state index contributed by atoms with van der Waals surface area (Å²) in [6.45, 7) is 0.621. The Labute approximate surface area is 165 Å². The number of sulfone groups is 2. The molecule has 0 aliphatic carbocycles. The zero-order valence-electron chi connectivity index (χ0n) is 15.2. The third kappa shape index (κ3) is 3.46. The van der Waals surface area contributed by atoms with E-state index in [-0.39, 0.29) is 28.7 Å². The highest BCUT2D eigenvalue weighted by Crippen LogP contribution is 2.29. The summed E-state index contributed by atoms with van der Waals surface area (Å²) in [6.07, 6.45) is 1.93. The first-order chi connectivity index (χ1) is 13.3. The quantitative estimate of drug-likeness (QED) is 0.761. The Bertz CT molecular complexity index is 1120. The van der Waals surface area contributed by atoms with Crippen LogP contribution < -0.4 is 4.90 Å². The first-order valence-corrected chi connectivity index (χ1v) is 12.6. The van der Waals surface area contributed by atoms with Crippen molar-refractivity contribution in [2.24, 2.45) is 0 Å². The largest absolute Gasteiger partial charge is 0.308 e. The number of benzene rings is 2. The van der Waals surface area contributed by atoms with Gasteiger partial charge >= 0.3 is 0 Å². The summed E-state index contributed by atoms with van der Waals surface area (Å²) < 4.78 is 48.7. The van der Waals surface area contributed by atoms with Crippen LogP contribution in [0.25, 0.3) is 0 Å². The molecule has 1 unspecified atom stereocenters. The van der Waals surface area contributed by atoms with E-state index in [0.717, 1.165) is 24.1 Å². The molecule has 2 aromatic carbocycles. The van der Waals surface area contributed by atoms with Gasteiger partial charge in [-0.3, -0.25) is 4.79 Å². The van der Waals surface area contributed by atoms with E-state index in [0.29, 0.717) is 12.1 Å². The third-order valence-electron chi connectivity index (χ3n) is 5.41. The van der Waals surface area contributed by atoms with E-state index in [2.05, 4.69) is 0 Å². The number of hydrogen-bond acceptors (Lipinski definition) is 5. The highest BCUT2D eigenvalue weighted by atomic mass is 32.2. The maximum Gasteiger partial charge on any atom is 0.258 e. The Hall–Kier alpha value is -2.19. The lowest BCUT2D eigenvalue weighted by Crippen LogP contribution is -2.35. The van der Waals surface area contributed by atoms with Crippen LogP contribution >= 0.6 is 0 Å². The van der Waals surface area contributed by atoms with Gasteiger partial charge in [0.2, 0.25) is 0 Å².